The summed E-state index contributed by atoms with van der Waals surface area (Å²) in [4.78, 5) is 25.2. The van der Waals surface area contributed by atoms with E-state index in [-0.39, 0.29) is 22.7 Å². The van der Waals surface area contributed by atoms with Gasteiger partial charge in [0.15, 0.2) is 5.76 Å². The predicted molar refractivity (Wildman–Crippen MR) is 118 cm³/mol. The number of amides is 1. The summed E-state index contributed by atoms with van der Waals surface area (Å²) in [5.41, 5.74) is 0.373. The third-order valence-corrected chi connectivity index (χ3v) is 6.12. The molecule has 1 fully saturated rings. The Kier molecular flexibility index (Phi) is 6.51. The molecule has 3 aromatic heterocycles. The van der Waals surface area contributed by atoms with Gasteiger partial charge in [-0.1, -0.05) is 30.6 Å². The first-order valence-electron chi connectivity index (χ1n) is 10.3. The maximum Gasteiger partial charge on any atom is 0.381 e. The maximum atomic E-state index is 12.7. The van der Waals surface area contributed by atoms with Crippen LogP contribution in [0.1, 0.15) is 48.4 Å². The molecule has 0 unspecified atom stereocenters. The van der Waals surface area contributed by atoms with Gasteiger partial charge in [-0.25, -0.2) is 9.48 Å². The fraction of sp³-hybridized carbons (Fsp3) is 0.450. The molecule has 32 heavy (non-hydrogen) atoms. The molecule has 0 bridgehead atoms. The fourth-order valence-corrected chi connectivity index (χ4v) is 4.39. The zero-order valence-corrected chi connectivity index (χ0v) is 18.5. The summed E-state index contributed by atoms with van der Waals surface area (Å²) >= 11 is 1.13. The number of hydrogen-bond acceptors (Lipinski definition) is 10. The Hall–Kier alpha value is -3.25. The molecular weight excluding hydrogens is 436 g/mol. The van der Waals surface area contributed by atoms with Gasteiger partial charge in [0.1, 0.15) is 0 Å². The normalized spacial score (nSPS) is 18.7. The fourth-order valence-electron chi connectivity index (χ4n) is 3.63. The van der Waals surface area contributed by atoms with Crippen molar-refractivity contribution in [2.75, 3.05) is 17.7 Å². The first kappa shape index (κ1) is 22.0. The van der Waals surface area contributed by atoms with Crippen LogP contribution in [-0.2, 0) is 0 Å². The number of anilines is 2. The Labute approximate surface area is 187 Å². The maximum absolute atomic E-state index is 12.7. The van der Waals surface area contributed by atoms with E-state index in [9.17, 15) is 14.7 Å². The summed E-state index contributed by atoms with van der Waals surface area (Å²) in [6, 6.07) is 2.96. The van der Waals surface area contributed by atoms with Crippen LogP contribution in [0.25, 0.3) is 5.13 Å². The van der Waals surface area contributed by atoms with Gasteiger partial charge in [0.2, 0.25) is 16.0 Å². The lowest BCUT2D eigenvalue weighted by Gasteiger charge is -2.23. The van der Waals surface area contributed by atoms with Crippen molar-refractivity contribution in [2.24, 2.45) is 0 Å². The average Bonchev–Trinajstić information content (AvgIpc) is 3.35. The Morgan fingerprint density at radius 3 is 2.88 bits per heavy atom. The van der Waals surface area contributed by atoms with Crippen LogP contribution in [0.5, 0.6) is 5.75 Å². The van der Waals surface area contributed by atoms with E-state index in [1.807, 2.05) is 13.0 Å². The average molecular weight is 461 g/mol. The minimum absolute atomic E-state index is 0.0506. The molecule has 2 atom stereocenters. The van der Waals surface area contributed by atoms with Crippen LogP contribution in [0.15, 0.2) is 27.5 Å². The van der Waals surface area contributed by atoms with Crippen molar-refractivity contribution in [3.05, 3.63) is 40.2 Å². The van der Waals surface area contributed by atoms with Crippen LogP contribution >= 0.6 is 11.3 Å². The van der Waals surface area contributed by atoms with Gasteiger partial charge in [-0.2, -0.15) is 5.10 Å². The molecule has 0 spiro atoms. The van der Waals surface area contributed by atoms with Crippen LogP contribution in [0, 0.1) is 6.92 Å². The van der Waals surface area contributed by atoms with E-state index in [0.29, 0.717) is 17.2 Å². The molecule has 3 heterocycles. The number of hydrogen-bond donors (Lipinski definition) is 3. The molecule has 12 heteroatoms. The molecule has 0 radical (unpaired) electrons. The van der Waals surface area contributed by atoms with E-state index in [4.69, 9.17) is 9.15 Å². The molecule has 1 aliphatic carbocycles. The number of rotatable bonds is 6. The number of aliphatic hydroxyl groups excluding tert-OH is 1. The molecular formula is C20H24N6O5S. The molecule has 11 nitrogen and oxygen atoms in total. The molecule has 1 amide bonds. The van der Waals surface area contributed by atoms with Gasteiger partial charge in [-0.15, -0.1) is 10.2 Å². The van der Waals surface area contributed by atoms with Crippen molar-refractivity contribution in [3.8, 4) is 10.9 Å². The number of nitrogens with zero attached hydrogens (tertiary/aromatic N) is 4. The van der Waals surface area contributed by atoms with Gasteiger partial charge in [0.05, 0.1) is 24.9 Å². The summed E-state index contributed by atoms with van der Waals surface area (Å²) in [6.07, 6.45) is 5.44. The number of aromatic nitrogens is 4. The molecule has 3 N–H and O–H groups in total. The van der Waals surface area contributed by atoms with E-state index >= 15 is 0 Å². The van der Waals surface area contributed by atoms with Gasteiger partial charge in [-0.3, -0.25) is 10.1 Å². The number of nitrogens with one attached hydrogen (secondary N) is 2. The van der Waals surface area contributed by atoms with Gasteiger partial charge in [0.25, 0.3) is 5.91 Å². The summed E-state index contributed by atoms with van der Waals surface area (Å²) in [5.74, 6) is -0.923. The van der Waals surface area contributed by atoms with Crippen molar-refractivity contribution in [1.82, 2.24) is 20.0 Å². The summed E-state index contributed by atoms with van der Waals surface area (Å²) in [5, 5.41) is 29.0. The van der Waals surface area contributed by atoms with Crippen molar-refractivity contribution in [2.45, 2.75) is 51.2 Å². The molecule has 170 valence electrons. The first-order valence-corrected chi connectivity index (χ1v) is 11.1. The second kappa shape index (κ2) is 9.49. The Balaban J connectivity index is 1.55. The third kappa shape index (κ3) is 4.65. The minimum Gasteiger partial charge on any atom is -0.488 e. The van der Waals surface area contributed by atoms with E-state index in [1.54, 1.807) is 10.9 Å². The van der Waals surface area contributed by atoms with Crippen LogP contribution in [0.4, 0.5) is 10.8 Å². The van der Waals surface area contributed by atoms with E-state index in [1.165, 1.54) is 13.2 Å². The zero-order chi connectivity index (χ0) is 22.7. The Morgan fingerprint density at radius 1 is 1.31 bits per heavy atom. The van der Waals surface area contributed by atoms with E-state index in [0.717, 1.165) is 42.7 Å². The molecule has 4 rings (SSSR count). The minimum atomic E-state index is -0.795. The third-order valence-electron chi connectivity index (χ3n) is 5.30. The molecule has 3 aromatic rings. The van der Waals surface area contributed by atoms with E-state index in [2.05, 4.69) is 25.9 Å². The van der Waals surface area contributed by atoms with Crippen molar-refractivity contribution in [1.29, 1.82) is 0 Å². The van der Waals surface area contributed by atoms with E-state index < -0.39 is 17.6 Å². The molecule has 0 saturated heterocycles. The lowest BCUT2D eigenvalue weighted by atomic mass is 10.1. The van der Waals surface area contributed by atoms with Crippen molar-refractivity contribution >= 4 is 28.1 Å². The highest BCUT2D eigenvalue weighted by atomic mass is 32.1. The highest BCUT2D eigenvalue weighted by Crippen LogP contribution is 2.27. The SMILES string of the molecule is COc1c(N[C@@H]2CCCCC[C@@H]2O)cc(C(=O)Nc2nnc(-n3nccc3C)s2)oc1=O. The lowest BCUT2D eigenvalue weighted by Crippen LogP contribution is -2.33. The Morgan fingerprint density at radius 2 is 2.12 bits per heavy atom. The zero-order valence-electron chi connectivity index (χ0n) is 17.7. The largest absolute Gasteiger partial charge is 0.488 e. The lowest BCUT2D eigenvalue weighted by molar-refractivity contribution is 0.0991. The van der Waals surface area contributed by atoms with Crippen LogP contribution in [0.2, 0.25) is 0 Å². The summed E-state index contributed by atoms with van der Waals surface area (Å²) < 4.78 is 11.9. The number of methoxy groups -OCH3 is 1. The second-order valence-corrected chi connectivity index (χ2v) is 8.49. The van der Waals surface area contributed by atoms with Gasteiger partial charge >= 0.3 is 5.63 Å². The van der Waals surface area contributed by atoms with Crippen LogP contribution in [0.3, 0.4) is 0 Å². The number of ether oxygens (including phenoxy) is 1. The van der Waals surface area contributed by atoms with Crippen LogP contribution in [-0.4, -0.2) is 50.2 Å². The van der Waals surface area contributed by atoms with Crippen LogP contribution < -0.4 is 21.0 Å². The first-order chi connectivity index (χ1) is 15.5. The number of aryl methyl sites for hydroxylation is 1. The molecule has 0 aromatic carbocycles. The monoisotopic (exact) mass is 460 g/mol. The summed E-state index contributed by atoms with van der Waals surface area (Å²) in [7, 11) is 1.35. The standard InChI is InChI=1S/C20H24N6O5S/c1-11-8-9-21-26(11)20-25-24-19(32-20)23-17(28)15-10-13(16(30-2)18(29)31-15)22-12-6-4-3-5-7-14(12)27/h8-10,12,14,22,27H,3-7H2,1-2H3,(H,23,24,28)/t12-,14+/m1/s1. The van der Waals surface area contributed by atoms with Gasteiger partial charge < -0.3 is 19.6 Å². The molecule has 1 saturated carbocycles. The number of carbonyl (C=O) groups is 1. The summed E-state index contributed by atoms with van der Waals surface area (Å²) in [6.45, 7) is 1.87. The number of carbonyl (C=O) groups excluding carboxylic acids is 1. The van der Waals surface area contributed by atoms with Gasteiger partial charge in [0, 0.05) is 18.0 Å². The van der Waals surface area contributed by atoms with Crippen molar-refractivity contribution in [3.63, 3.8) is 0 Å². The number of aliphatic hydroxyl groups is 1. The van der Waals surface area contributed by atoms with Crippen molar-refractivity contribution < 1.29 is 19.1 Å². The predicted octanol–water partition coefficient (Wildman–Crippen LogP) is 2.35. The molecule has 1 aliphatic rings. The Bertz CT molecular complexity index is 1160. The van der Waals surface area contributed by atoms with Gasteiger partial charge in [-0.05, 0) is 25.8 Å². The highest BCUT2D eigenvalue weighted by Gasteiger charge is 2.25. The highest BCUT2D eigenvalue weighted by molar-refractivity contribution is 7.17. The quantitative estimate of drug-likeness (QED) is 0.472. The topological polar surface area (TPSA) is 144 Å². The second-order valence-electron chi connectivity index (χ2n) is 7.53. The molecule has 0 aliphatic heterocycles. The smallest absolute Gasteiger partial charge is 0.381 e.